The monoisotopic (exact) mass is 356 g/mol. The first-order chi connectivity index (χ1) is 12.5. The van der Waals surface area contributed by atoms with Crippen molar-refractivity contribution in [2.24, 2.45) is 0 Å². The molecule has 0 aliphatic carbocycles. The van der Waals surface area contributed by atoms with Crippen molar-refractivity contribution < 1.29 is 14.0 Å². The molecule has 0 N–H and O–H groups in total. The topological polar surface area (TPSA) is 58.4 Å². The third kappa shape index (κ3) is 2.98. The third-order valence-electron chi connectivity index (χ3n) is 5.23. The Morgan fingerprint density at radius 2 is 2.04 bits per heavy atom. The Balaban J connectivity index is 1.46. The van der Waals surface area contributed by atoms with Crippen LogP contribution in [0.25, 0.3) is 0 Å². The maximum Gasteiger partial charge on any atom is 0.245 e. The molecule has 1 fully saturated rings. The largest absolute Gasteiger partial charge is 0.331 e. The summed E-state index contributed by atoms with van der Waals surface area (Å²) < 4.78 is 14.9. The van der Waals surface area contributed by atoms with E-state index in [1.165, 1.54) is 12.1 Å². The lowest BCUT2D eigenvalue weighted by atomic mass is 10.2. The number of hydrogen-bond donors (Lipinski definition) is 0. The zero-order valence-electron chi connectivity index (χ0n) is 14.7. The summed E-state index contributed by atoms with van der Waals surface area (Å²) in [6.45, 7) is 4.01. The van der Waals surface area contributed by atoms with E-state index >= 15 is 0 Å². The molecule has 2 aromatic rings. The average Bonchev–Trinajstić information content (AvgIpc) is 3.32. The molecule has 3 heterocycles. The molecule has 0 spiro atoms. The van der Waals surface area contributed by atoms with Crippen LogP contribution in [0.4, 0.5) is 4.39 Å². The first-order valence-electron chi connectivity index (χ1n) is 8.89. The van der Waals surface area contributed by atoms with E-state index in [2.05, 4.69) is 5.10 Å². The number of carbonyl (C=O) groups is 2. The zero-order chi connectivity index (χ0) is 18.3. The van der Waals surface area contributed by atoms with Gasteiger partial charge in [0, 0.05) is 25.1 Å². The smallest absolute Gasteiger partial charge is 0.245 e. The molecule has 6 nitrogen and oxygen atoms in total. The molecule has 26 heavy (non-hydrogen) atoms. The van der Waals surface area contributed by atoms with Gasteiger partial charge in [-0.3, -0.25) is 14.3 Å². The number of nitrogens with zero attached hydrogens (tertiary/aromatic N) is 4. The van der Waals surface area contributed by atoms with Crippen molar-refractivity contribution in [1.29, 1.82) is 0 Å². The lowest BCUT2D eigenvalue weighted by molar-refractivity contribution is -0.143. The van der Waals surface area contributed by atoms with Crippen LogP contribution in [-0.4, -0.2) is 44.0 Å². The van der Waals surface area contributed by atoms with E-state index in [-0.39, 0.29) is 17.6 Å². The highest BCUT2D eigenvalue weighted by atomic mass is 19.1. The van der Waals surface area contributed by atoms with Crippen LogP contribution < -0.4 is 0 Å². The van der Waals surface area contributed by atoms with Crippen LogP contribution in [0.3, 0.4) is 0 Å². The summed E-state index contributed by atoms with van der Waals surface area (Å²) >= 11 is 0. The fourth-order valence-electron chi connectivity index (χ4n) is 3.74. The number of halogens is 1. The van der Waals surface area contributed by atoms with Gasteiger partial charge >= 0.3 is 0 Å². The van der Waals surface area contributed by atoms with Crippen LogP contribution in [0.1, 0.15) is 36.6 Å². The maximum atomic E-state index is 13.1. The molecule has 1 aromatic carbocycles. The molecule has 1 saturated heterocycles. The molecule has 1 atom stereocenters. The number of rotatable bonds is 4. The molecule has 4 rings (SSSR count). The number of amides is 2. The Morgan fingerprint density at radius 3 is 2.73 bits per heavy atom. The lowest BCUT2D eigenvalue weighted by Crippen LogP contribution is -2.46. The summed E-state index contributed by atoms with van der Waals surface area (Å²) in [6.07, 6.45) is 3.14. The molecule has 7 heteroatoms. The van der Waals surface area contributed by atoms with Gasteiger partial charge in [0.05, 0.1) is 25.0 Å². The van der Waals surface area contributed by atoms with Crippen molar-refractivity contribution in [2.45, 2.75) is 45.4 Å². The summed E-state index contributed by atoms with van der Waals surface area (Å²) in [5.41, 5.74) is 2.99. The summed E-state index contributed by atoms with van der Waals surface area (Å²) in [6, 6.07) is 5.92. The Labute approximate surface area is 151 Å². The summed E-state index contributed by atoms with van der Waals surface area (Å²) in [5.74, 6) is -0.225. The van der Waals surface area contributed by atoms with E-state index in [1.54, 1.807) is 35.1 Å². The van der Waals surface area contributed by atoms with Gasteiger partial charge in [-0.15, -0.1) is 0 Å². The molecule has 0 bridgehead atoms. The fourth-order valence-corrected chi connectivity index (χ4v) is 3.74. The van der Waals surface area contributed by atoms with Gasteiger partial charge in [0.15, 0.2) is 0 Å². The van der Waals surface area contributed by atoms with Crippen LogP contribution in [0.15, 0.2) is 30.5 Å². The molecule has 2 aliphatic rings. The van der Waals surface area contributed by atoms with Crippen LogP contribution in [0.5, 0.6) is 0 Å². The number of fused-ring (bicyclic) bond motifs is 1. The van der Waals surface area contributed by atoms with Crippen molar-refractivity contribution in [1.82, 2.24) is 19.6 Å². The van der Waals surface area contributed by atoms with Gasteiger partial charge in [-0.1, -0.05) is 12.1 Å². The Hall–Kier alpha value is -2.70. The first-order valence-corrected chi connectivity index (χ1v) is 8.89. The van der Waals surface area contributed by atoms with Crippen molar-refractivity contribution in [2.75, 3.05) is 6.54 Å². The molecule has 136 valence electrons. The summed E-state index contributed by atoms with van der Waals surface area (Å²) in [4.78, 5) is 28.2. The van der Waals surface area contributed by atoms with Gasteiger partial charge in [0.1, 0.15) is 11.9 Å². The molecule has 2 aliphatic heterocycles. The number of carbonyl (C=O) groups excluding carboxylic acids is 2. The van der Waals surface area contributed by atoms with E-state index in [0.29, 0.717) is 32.6 Å². The van der Waals surface area contributed by atoms with Gasteiger partial charge in [-0.05, 0) is 31.0 Å². The first kappa shape index (κ1) is 16.8. The van der Waals surface area contributed by atoms with Gasteiger partial charge < -0.3 is 9.80 Å². The average molecular weight is 356 g/mol. The van der Waals surface area contributed by atoms with E-state index in [9.17, 15) is 14.0 Å². The van der Waals surface area contributed by atoms with E-state index < -0.39 is 6.04 Å². The second-order valence-electron chi connectivity index (χ2n) is 6.96. The van der Waals surface area contributed by atoms with Crippen molar-refractivity contribution in [3.63, 3.8) is 0 Å². The highest BCUT2D eigenvalue weighted by molar-refractivity contribution is 5.88. The molecule has 1 unspecified atom stereocenters. The van der Waals surface area contributed by atoms with Gasteiger partial charge in [0.25, 0.3) is 0 Å². The lowest BCUT2D eigenvalue weighted by Gasteiger charge is -2.27. The second-order valence-corrected chi connectivity index (χ2v) is 6.96. The van der Waals surface area contributed by atoms with Crippen LogP contribution in [-0.2, 0) is 29.2 Å². The molecule has 2 amide bonds. The highest BCUT2D eigenvalue weighted by Gasteiger charge is 2.35. The number of aromatic nitrogens is 2. The van der Waals surface area contributed by atoms with Crippen LogP contribution in [0.2, 0.25) is 0 Å². The minimum Gasteiger partial charge on any atom is -0.331 e. The Kier molecular flexibility index (Phi) is 4.22. The highest BCUT2D eigenvalue weighted by Crippen LogP contribution is 2.25. The van der Waals surface area contributed by atoms with Crippen LogP contribution >= 0.6 is 0 Å². The quantitative estimate of drug-likeness (QED) is 0.841. The fraction of sp³-hybridized carbons (Fsp3) is 0.421. The Morgan fingerprint density at radius 1 is 1.27 bits per heavy atom. The van der Waals surface area contributed by atoms with E-state index in [1.807, 2.05) is 4.68 Å². The normalized spacial score (nSPS) is 17.7. The number of hydrogen-bond acceptors (Lipinski definition) is 3. The van der Waals surface area contributed by atoms with E-state index in [0.717, 1.165) is 23.2 Å². The SMILES string of the molecule is CC(C(=O)N1Cc2cnn(Cc3ccc(F)cc3)c2C1)N1CCCC1=O. The maximum absolute atomic E-state index is 13.1. The van der Waals surface area contributed by atoms with Crippen molar-refractivity contribution >= 4 is 11.8 Å². The number of likely N-dealkylation sites (tertiary alicyclic amines) is 1. The molecule has 0 radical (unpaired) electrons. The predicted molar refractivity (Wildman–Crippen MR) is 92.4 cm³/mol. The Bertz CT molecular complexity index is 846. The van der Waals surface area contributed by atoms with Crippen LogP contribution in [0, 0.1) is 5.82 Å². The summed E-state index contributed by atoms with van der Waals surface area (Å²) in [5, 5.41) is 4.40. The van der Waals surface area contributed by atoms with Crippen molar-refractivity contribution in [3.05, 3.63) is 53.1 Å². The minimum absolute atomic E-state index is 0.0233. The molecule has 0 saturated carbocycles. The predicted octanol–water partition coefficient (Wildman–Crippen LogP) is 1.92. The van der Waals surface area contributed by atoms with Gasteiger partial charge in [-0.2, -0.15) is 5.10 Å². The van der Waals surface area contributed by atoms with Gasteiger partial charge in [0.2, 0.25) is 11.8 Å². The molecular formula is C19H21FN4O2. The summed E-state index contributed by atoms with van der Waals surface area (Å²) in [7, 11) is 0. The van der Waals surface area contributed by atoms with E-state index in [4.69, 9.17) is 0 Å². The standard InChI is InChI=1S/C19H21FN4O2/c1-13(23-8-2-3-18(23)25)19(26)22-11-15-9-21-24(17(15)12-22)10-14-4-6-16(20)7-5-14/h4-7,9,13H,2-3,8,10-12H2,1H3. The molecule has 1 aromatic heterocycles. The number of benzene rings is 1. The second kappa shape index (κ2) is 6.55. The zero-order valence-corrected chi connectivity index (χ0v) is 14.7. The molecular weight excluding hydrogens is 335 g/mol. The minimum atomic E-state index is -0.424. The van der Waals surface area contributed by atoms with Gasteiger partial charge in [-0.25, -0.2) is 4.39 Å². The third-order valence-corrected chi connectivity index (χ3v) is 5.23. The van der Waals surface area contributed by atoms with Crippen molar-refractivity contribution in [3.8, 4) is 0 Å².